The monoisotopic (exact) mass is 290 g/mol. The lowest BCUT2D eigenvalue weighted by Gasteiger charge is -2.18. The molecule has 4 nitrogen and oxygen atoms in total. The Morgan fingerprint density at radius 2 is 2.31 bits per heavy atom. The maximum absolute atomic E-state index is 11.8. The average Bonchev–Trinajstić information content (AvgIpc) is 2.71. The number of carbonyl (C=O) groups excluding carboxylic acids is 1. The highest BCUT2D eigenvalue weighted by atomic mass is 79.9. The third-order valence-corrected chi connectivity index (χ3v) is 2.81. The highest BCUT2D eigenvalue weighted by Crippen LogP contribution is 2.14. The Bertz CT molecular complexity index is 258. The van der Waals surface area contributed by atoms with Crippen LogP contribution in [-0.2, 0) is 9.53 Å². The van der Waals surface area contributed by atoms with Crippen LogP contribution < -0.4 is 10.6 Å². The van der Waals surface area contributed by atoms with Crippen molar-refractivity contribution in [1.29, 1.82) is 0 Å². The molecule has 0 saturated carbocycles. The van der Waals surface area contributed by atoms with E-state index >= 15 is 0 Å². The van der Waals surface area contributed by atoms with Crippen LogP contribution in [0, 0.1) is 5.92 Å². The number of hydrogen-bond donors (Lipinski definition) is 2. The molecule has 1 aliphatic rings. The first-order valence-corrected chi connectivity index (χ1v) is 6.36. The van der Waals surface area contributed by atoms with Crippen LogP contribution in [0.2, 0.25) is 0 Å². The molecule has 0 radical (unpaired) electrons. The predicted molar refractivity (Wildman–Crippen MR) is 67.5 cm³/mol. The molecule has 1 fully saturated rings. The van der Waals surface area contributed by atoms with E-state index in [0.29, 0.717) is 19.8 Å². The molecule has 0 aromatic heterocycles. The van der Waals surface area contributed by atoms with Crippen molar-refractivity contribution in [2.45, 2.75) is 19.4 Å². The second kappa shape index (κ2) is 7.04. The van der Waals surface area contributed by atoms with Crippen LogP contribution >= 0.6 is 15.9 Å². The smallest absolute Gasteiger partial charge is 0.227 e. The number of hydrogen-bond acceptors (Lipinski definition) is 3. The summed E-state index contributed by atoms with van der Waals surface area (Å²) in [6.45, 7) is 8.29. The van der Waals surface area contributed by atoms with E-state index in [1.807, 2.05) is 0 Å². The first-order chi connectivity index (χ1) is 7.65. The summed E-state index contributed by atoms with van der Waals surface area (Å²) in [6, 6.07) is 0.142. The van der Waals surface area contributed by atoms with Gasteiger partial charge in [-0.05, 0) is 13.0 Å². The molecule has 0 aromatic rings. The maximum atomic E-state index is 11.8. The van der Waals surface area contributed by atoms with Gasteiger partial charge in [-0.2, -0.15) is 0 Å². The Balaban J connectivity index is 2.37. The summed E-state index contributed by atoms with van der Waals surface area (Å²) in [5, 5.41) is 6.16. The van der Waals surface area contributed by atoms with E-state index in [1.54, 1.807) is 0 Å². The van der Waals surface area contributed by atoms with Crippen molar-refractivity contribution in [1.82, 2.24) is 10.6 Å². The van der Waals surface area contributed by atoms with Gasteiger partial charge in [-0.3, -0.25) is 4.79 Å². The normalized spacial score (nSPS) is 24.4. The van der Waals surface area contributed by atoms with Gasteiger partial charge in [-0.15, -0.1) is 0 Å². The summed E-state index contributed by atoms with van der Waals surface area (Å²) < 4.78 is 6.11. The Kier molecular flexibility index (Phi) is 6.01. The van der Waals surface area contributed by atoms with Crippen molar-refractivity contribution < 1.29 is 9.53 Å². The minimum absolute atomic E-state index is 0.0340. The van der Waals surface area contributed by atoms with E-state index in [1.165, 1.54) is 0 Å². The lowest BCUT2D eigenvalue weighted by Crippen LogP contribution is -2.44. The second-order valence-corrected chi connectivity index (χ2v) is 5.06. The number of halogens is 1. The van der Waals surface area contributed by atoms with Gasteiger partial charge in [0.1, 0.15) is 0 Å². The van der Waals surface area contributed by atoms with Crippen LogP contribution in [0.25, 0.3) is 0 Å². The van der Waals surface area contributed by atoms with E-state index in [9.17, 15) is 4.79 Å². The van der Waals surface area contributed by atoms with Crippen molar-refractivity contribution in [3.8, 4) is 0 Å². The van der Waals surface area contributed by atoms with Gasteiger partial charge in [0, 0.05) is 17.1 Å². The molecule has 92 valence electrons. The molecule has 5 heteroatoms. The van der Waals surface area contributed by atoms with Gasteiger partial charge in [-0.1, -0.05) is 29.4 Å². The van der Waals surface area contributed by atoms with Crippen molar-refractivity contribution in [3.05, 3.63) is 11.1 Å². The molecule has 2 N–H and O–H groups in total. The topological polar surface area (TPSA) is 50.4 Å². The van der Waals surface area contributed by atoms with E-state index in [-0.39, 0.29) is 17.9 Å². The Morgan fingerprint density at radius 1 is 1.56 bits per heavy atom. The van der Waals surface area contributed by atoms with Crippen molar-refractivity contribution in [3.63, 3.8) is 0 Å². The third-order valence-electron chi connectivity index (χ3n) is 2.53. The molecular formula is C11H19BrN2O2. The number of amides is 1. The molecule has 1 saturated heterocycles. The molecular weight excluding hydrogens is 272 g/mol. The van der Waals surface area contributed by atoms with E-state index < -0.39 is 0 Å². The highest BCUT2D eigenvalue weighted by Gasteiger charge is 2.33. The summed E-state index contributed by atoms with van der Waals surface area (Å²) in [4.78, 5) is 11.8. The fourth-order valence-corrected chi connectivity index (χ4v) is 1.80. The van der Waals surface area contributed by atoms with Crippen LogP contribution in [0.15, 0.2) is 11.1 Å². The lowest BCUT2D eigenvalue weighted by molar-refractivity contribution is -0.125. The molecule has 1 aliphatic heterocycles. The molecule has 1 rings (SSSR count). The third kappa shape index (κ3) is 4.23. The second-order valence-electron chi connectivity index (χ2n) is 3.94. The first kappa shape index (κ1) is 13.7. The van der Waals surface area contributed by atoms with Crippen LogP contribution in [0.3, 0.4) is 0 Å². The van der Waals surface area contributed by atoms with E-state index in [4.69, 9.17) is 4.74 Å². The summed E-state index contributed by atoms with van der Waals surface area (Å²) in [6.07, 6.45) is 1.06. The molecule has 2 atom stereocenters. The summed E-state index contributed by atoms with van der Waals surface area (Å²) in [5.41, 5.74) is 0. The molecule has 0 aromatic carbocycles. The molecule has 0 aliphatic carbocycles. The molecule has 1 amide bonds. The van der Waals surface area contributed by atoms with Gasteiger partial charge in [0.05, 0.1) is 19.1 Å². The number of carbonyl (C=O) groups is 1. The highest BCUT2D eigenvalue weighted by molar-refractivity contribution is 9.11. The predicted octanol–water partition coefficient (Wildman–Crippen LogP) is 1.03. The minimum atomic E-state index is -0.0848. The van der Waals surface area contributed by atoms with Crippen LogP contribution in [-0.4, -0.2) is 38.3 Å². The van der Waals surface area contributed by atoms with Gasteiger partial charge < -0.3 is 15.4 Å². The molecule has 2 unspecified atom stereocenters. The van der Waals surface area contributed by atoms with Gasteiger partial charge >= 0.3 is 0 Å². The standard InChI is InChI=1S/C11H19BrN2O2/c1-3-4-13-10-7-16-6-9(10)11(15)14-5-8(2)12/h9-10,13H,2-7H2,1H3,(H,14,15). The van der Waals surface area contributed by atoms with E-state index in [2.05, 4.69) is 40.1 Å². The molecule has 0 spiro atoms. The zero-order valence-corrected chi connectivity index (χ0v) is 11.2. The quantitative estimate of drug-likeness (QED) is 0.768. The molecule has 16 heavy (non-hydrogen) atoms. The fraction of sp³-hybridized carbons (Fsp3) is 0.727. The zero-order chi connectivity index (χ0) is 12.0. The van der Waals surface area contributed by atoms with Crippen LogP contribution in [0.1, 0.15) is 13.3 Å². The van der Waals surface area contributed by atoms with Gasteiger partial charge in [0.2, 0.25) is 5.91 Å². The van der Waals surface area contributed by atoms with Crippen molar-refractivity contribution in [2.24, 2.45) is 5.92 Å². The van der Waals surface area contributed by atoms with Gasteiger partial charge in [0.25, 0.3) is 0 Å². The molecule has 1 heterocycles. The average molecular weight is 291 g/mol. The largest absolute Gasteiger partial charge is 0.379 e. The van der Waals surface area contributed by atoms with Gasteiger partial charge in [-0.25, -0.2) is 0 Å². The maximum Gasteiger partial charge on any atom is 0.227 e. The Hall–Kier alpha value is -0.390. The Morgan fingerprint density at radius 3 is 2.94 bits per heavy atom. The van der Waals surface area contributed by atoms with Gasteiger partial charge in [0.15, 0.2) is 0 Å². The first-order valence-electron chi connectivity index (χ1n) is 5.57. The van der Waals surface area contributed by atoms with Crippen LogP contribution in [0.5, 0.6) is 0 Å². The van der Waals surface area contributed by atoms with Crippen LogP contribution in [0.4, 0.5) is 0 Å². The summed E-state index contributed by atoms with van der Waals surface area (Å²) in [7, 11) is 0. The lowest BCUT2D eigenvalue weighted by atomic mass is 10.0. The number of rotatable bonds is 6. The zero-order valence-electron chi connectivity index (χ0n) is 9.59. The summed E-state index contributed by atoms with van der Waals surface area (Å²) in [5.74, 6) is -0.0508. The van der Waals surface area contributed by atoms with Crippen molar-refractivity contribution in [2.75, 3.05) is 26.3 Å². The SMILES string of the molecule is C=C(Br)CNC(=O)C1COCC1NCCC. The summed E-state index contributed by atoms with van der Waals surface area (Å²) >= 11 is 3.21. The van der Waals surface area contributed by atoms with Crippen molar-refractivity contribution >= 4 is 21.8 Å². The fourth-order valence-electron chi connectivity index (χ4n) is 1.66. The Labute approximate surface area is 105 Å². The number of nitrogens with one attached hydrogen (secondary N) is 2. The van der Waals surface area contributed by atoms with E-state index in [0.717, 1.165) is 17.4 Å². The number of ether oxygens (including phenoxy) is 1. The minimum Gasteiger partial charge on any atom is -0.379 e. The molecule has 0 bridgehead atoms.